The van der Waals surface area contributed by atoms with E-state index in [9.17, 15) is 19.6 Å². The van der Waals surface area contributed by atoms with Crippen molar-refractivity contribution in [3.63, 3.8) is 0 Å². The van der Waals surface area contributed by atoms with Crippen LogP contribution in [-0.2, 0) is 20.8 Å². The number of hydrazine groups is 1. The van der Waals surface area contributed by atoms with Crippen LogP contribution in [0.5, 0.6) is 0 Å². The quantitative estimate of drug-likeness (QED) is 0.242. The molecule has 0 bridgehead atoms. The molecule has 9 heteroatoms. The van der Waals surface area contributed by atoms with E-state index in [4.69, 9.17) is 23.2 Å². The molecule has 0 aliphatic carbocycles. The summed E-state index contributed by atoms with van der Waals surface area (Å²) in [4.78, 5) is 34.8. The zero-order chi connectivity index (χ0) is 19.5. The number of hydrogen-bond donors (Lipinski definition) is 3. The maximum Gasteiger partial charge on any atom is 0.243 e. The number of unbranched alkanes of at least 4 members (excludes halogenated alkanes) is 2. The fourth-order valence-corrected chi connectivity index (χ4v) is 2.89. The minimum Gasteiger partial charge on any atom is -0.286 e. The van der Waals surface area contributed by atoms with E-state index >= 15 is 0 Å². The highest BCUT2D eigenvalue weighted by molar-refractivity contribution is 6.36. The Hall–Kier alpha value is -1.83. The van der Waals surface area contributed by atoms with E-state index in [2.05, 4.69) is 10.9 Å². The minimum absolute atomic E-state index is 0.0975. The van der Waals surface area contributed by atoms with Crippen LogP contribution in [0.3, 0.4) is 0 Å². The predicted molar refractivity (Wildman–Crippen MR) is 98.6 cm³/mol. The van der Waals surface area contributed by atoms with E-state index in [1.165, 1.54) is 0 Å². The number of carbonyl (C=O) groups excluding carboxylic acids is 3. The molecule has 3 amide bonds. The van der Waals surface area contributed by atoms with Crippen molar-refractivity contribution >= 4 is 41.4 Å². The number of carbonyl (C=O) groups is 3. The highest BCUT2D eigenvalue weighted by Crippen LogP contribution is 2.24. The summed E-state index contributed by atoms with van der Waals surface area (Å²) < 4.78 is 0. The Morgan fingerprint density at radius 3 is 2.46 bits per heavy atom. The standard InChI is InChI=1S/C17H23Cl2N3O4/c1-2-3-4-6-12(10-22(26)11-23)17(25)21-20-16(24)9-13-14(18)7-5-8-15(13)19/h5,7-8,11-12,26H,2-4,6,9-10H2,1H3,(H,20,24)(H,21,25)/t12-/m1/s1. The topological polar surface area (TPSA) is 98.7 Å². The molecule has 3 N–H and O–H groups in total. The molecule has 0 saturated heterocycles. The summed E-state index contributed by atoms with van der Waals surface area (Å²) in [5.41, 5.74) is 5.09. The average Bonchev–Trinajstić information content (AvgIpc) is 2.62. The lowest BCUT2D eigenvalue weighted by molar-refractivity contribution is -0.155. The molecule has 0 fully saturated rings. The molecular weight excluding hydrogens is 381 g/mol. The number of benzene rings is 1. The molecule has 1 aromatic rings. The predicted octanol–water partition coefficient (Wildman–Crippen LogP) is 2.73. The van der Waals surface area contributed by atoms with Gasteiger partial charge < -0.3 is 0 Å². The first-order valence-electron chi connectivity index (χ1n) is 8.31. The second-order valence-corrected chi connectivity index (χ2v) is 6.65. The Morgan fingerprint density at radius 2 is 1.88 bits per heavy atom. The van der Waals surface area contributed by atoms with E-state index in [1.54, 1.807) is 18.2 Å². The van der Waals surface area contributed by atoms with Gasteiger partial charge in [-0.2, -0.15) is 0 Å². The number of halogens is 2. The second-order valence-electron chi connectivity index (χ2n) is 5.83. The summed E-state index contributed by atoms with van der Waals surface area (Å²) >= 11 is 12.0. The van der Waals surface area contributed by atoms with Gasteiger partial charge in [-0.05, 0) is 24.1 Å². The van der Waals surface area contributed by atoms with Crippen LogP contribution in [-0.4, -0.2) is 35.0 Å². The molecule has 1 aromatic carbocycles. The maximum atomic E-state index is 12.2. The lowest BCUT2D eigenvalue weighted by Gasteiger charge is -2.19. The Balaban J connectivity index is 2.59. The van der Waals surface area contributed by atoms with Crippen molar-refractivity contribution in [3.05, 3.63) is 33.8 Å². The number of amides is 3. The molecule has 0 unspecified atom stereocenters. The van der Waals surface area contributed by atoms with Crippen LogP contribution in [0.1, 0.15) is 38.2 Å². The third-order valence-corrected chi connectivity index (χ3v) is 4.49. The van der Waals surface area contributed by atoms with E-state index in [0.717, 1.165) is 19.3 Å². The van der Waals surface area contributed by atoms with Gasteiger partial charge in [0.1, 0.15) is 0 Å². The summed E-state index contributed by atoms with van der Waals surface area (Å²) in [6.07, 6.45) is 3.28. The monoisotopic (exact) mass is 403 g/mol. The number of rotatable bonds is 10. The van der Waals surface area contributed by atoms with Crippen LogP contribution < -0.4 is 10.9 Å². The summed E-state index contributed by atoms with van der Waals surface area (Å²) in [6.45, 7) is 1.88. The highest BCUT2D eigenvalue weighted by atomic mass is 35.5. The SMILES string of the molecule is CCCCC[C@H](CN(O)C=O)C(=O)NNC(=O)Cc1c(Cl)cccc1Cl. The third-order valence-electron chi connectivity index (χ3n) is 3.78. The Kier molecular flexibility index (Phi) is 10.0. The number of nitrogens with one attached hydrogen (secondary N) is 2. The normalized spacial score (nSPS) is 11.5. The van der Waals surface area contributed by atoms with Crippen LogP contribution in [0.25, 0.3) is 0 Å². The summed E-state index contributed by atoms with van der Waals surface area (Å²) in [6, 6.07) is 4.91. The molecule has 0 aliphatic rings. The van der Waals surface area contributed by atoms with Crippen molar-refractivity contribution in [2.75, 3.05) is 6.54 Å². The van der Waals surface area contributed by atoms with Crippen molar-refractivity contribution in [1.29, 1.82) is 0 Å². The zero-order valence-electron chi connectivity index (χ0n) is 14.5. The molecular formula is C17H23Cl2N3O4. The van der Waals surface area contributed by atoms with Crippen molar-refractivity contribution in [1.82, 2.24) is 15.9 Å². The van der Waals surface area contributed by atoms with Crippen LogP contribution in [0.2, 0.25) is 10.0 Å². The molecule has 1 atom stereocenters. The zero-order valence-corrected chi connectivity index (χ0v) is 16.0. The molecule has 144 valence electrons. The van der Waals surface area contributed by atoms with Crippen LogP contribution in [0.4, 0.5) is 0 Å². The molecule has 7 nitrogen and oxygen atoms in total. The lowest BCUT2D eigenvalue weighted by atomic mass is 10.0. The largest absolute Gasteiger partial charge is 0.286 e. The minimum atomic E-state index is -0.638. The molecule has 0 aliphatic heterocycles. The number of hydroxylamine groups is 2. The van der Waals surface area contributed by atoms with Crippen molar-refractivity contribution in [2.24, 2.45) is 5.92 Å². The van der Waals surface area contributed by atoms with Crippen LogP contribution in [0.15, 0.2) is 18.2 Å². The van der Waals surface area contributed by atoms with Gasteiger partial charge in [-0.1, -0.05) is 55.5 Å². The van der Waals surface area contributed by atoms with Gasteiger partial charge in [0.25, 0.3) is 0 Å². The van der Waals surface area contributed by atoms with Gasteiger partial charge in [-0.3, -0.25) is 30.4 Å². The van der Waals surface area contributed by atoms with Gasteiger partial charge in [0.2, 0.25) is 18.2 Å². The van der Waals surface area contributed by atoms with Gasteiger partial charge in [-0.15, -0.1) is 0 Å². The van der Waals surface area contributed by atoms with E-state index in [-0.39, 0.29) is 19.4 Å². The first-order valence-corrected chi connectivity index (χ1v) is 9.07. The van der Waals surface area contributed by atoms with E-state index in [0.29, 0.717) is 27.1 Å². The maximum absolute atomic E-state index is 12.2. The number of hydrogen-bond acceptors (Lipinski definition) is 4. The van der Waals surface area contributed by atoms with Gasteiger partial charge >= 0.3 is 0 Å². The highest BCUT2D eigenvalue weighted by Gasteiger charge is 2.21. The van der Waals surface area contributed by atoms with E-state index in [1.807, 2.05) is 6.92 Å². The summed E-state index contributed by atoms with van der Waals surface area (Å²) in [5, 5.41) is 10.5. The van der Waals surface area contributed by atoms with Crippen molar-refractivity contribution in [3.8, 4) is 0 Å². The molecule has 26 heavy (non-hydrogen) atoms. The smallest absolute Gasteiger partial charge is 0.243 e. The fourth-order valence-electron chi connectivity index (χ4n) is 2.35. The first-order chi connectivity index (χ1) is 12.4. The van der Waals surface area contributed by atoms with Gasteiger partial charge in [0, 0.05) is 10.0 Å². The van der Waals surface area contributed by atoms with Gasteiger partial charge in [-0.25, -0.2) is 5.06 Å². The molecule has 0 saturated carbocycles. The Labute approximate surface area is 162 Å². The Morgan fingerprint density at radius 1 is 1.23 bits per heavy atom. The summed E-state index contributed by atoms with van der Waals surface area (Å²) in [7, 11) is 0. The number of nitrogens with zero attached hydrogens (tertiary/aromatic N) is 1. The van der Waals surface area contributed by atoms with Crippen molar-refractivity contribution in [2.45, 2.75) is 39.0 Å². The molecule has 0 aromatic heterocycles. The average molecular weight is 404 g/mol. The van der Waals surface area contributed by atoms with Crippen LogP contribution in [0, 0.1) is 5.92 Å². The third kappa shape index (κ3) is 7.59. The van der Waals surface area contributed by atoms with Crippen molar-refractivity contribution < 1.29 is 19.6 Å². The fraction of sp³-hybridized carbons (Fsp3) is 0.471. The summed E-state index contributed by atoms with van der Waals surface area (Å²) in [5.74, 6) is -1.61. The Bertz CT molecular complexity index is 608. The molecule has 1 rings (SSSR count). The molecule has 0 heterocycles. The van der Waals surface area contributed by atoms with Gasteiger partial charge in [0.15, 0.2) is 0 Å². The van der Waals surface area contributed by atoms with Crippen LogP contribution >= 0.6 is 23.2 Å². The van der Waals surface area contributed by atoms with Gasteiger partial charge in [0.05, 0.1) is 18.9 Å². The lowest BCUT2D eigenvalue weighted by Crippen LogP contribution is -2.47. The second kappa shape index (κ2) is 11.7. The molecule has 0 radical (unpaired) electrons. The van der Waals surface area contributed by atoms with E-state index < -0.39 is 17.7 Å². The molecule has 0 spiro atoms. The first kappa shape index (κ1) is 22.2.